The Balaban J connectivity index is 2.19. The second-order valence-corrected chi connectivity index (χ2v) is 6.37. The van der Waals surface area contributed by atoms with Crippen LogP contribution in [0.4, 0.5) is 4.39 Å². The van der Waals surface area contributed by atoms with E-state index in [1.54, 1.807) is 12.1 Å². The van der Waals surface area contributed by atoms with Crippen LogP contribution in [0.3, 0.4) is 0 Å². The van der Waals surface area contributed by atoms with Crippen LogP contribution >= 0.6 is 0 Å². The number of benzene rings is 2. The van der Waals surface area contributed by atoms with Gasteiger partial charge in [0.05, 0.1) is 0 Å². The lowest BCUT2D eigenvalue weighted by Crippen LogP contribution is -2.17. The summed E-state index contributed by atoms with van der Waals surface area (Å²) in [5, 5.41) is 0. The van der Waals surface area contributed by atoms with Crippen molar-refractivity contribution in [2.24, 2.45) is 0 Å². The van der Waals surface area contributed by atoms with Crippen molar-refractivity contribution in [1.29, 1.82) is 0 Å². The SMILES string of the molecule is CC(C)(C)c1cccc2c1C(c1ccc(F)cc1)C(=O)O2. The Kier molecular flexibility index (Phi) is 3.08. The van der Waals surface area contributed by atoms with E-state index in [4.69, 9.17) is 4.74 Å². The van der Waals surface area contributed by atoms with Crippen molar-refractivity contribution < 1.29 is 13.9 Å². The van der Waals surface area contributed by atoms with E-state index in [1.807, 2.05) is 18.2 Å². The van der Waals surface area contributed by atoms with E-state index in [2.05, 4.69) is 20.8 Å². The van der Waals surface area contributed by atoms with Crippen molar-refractivity contribution >= 4 is 5.97 Å². The summed E-state index contributed by atoms with van der Waals surface area (Å²) in [6.07, 6.45) is 0. The molecule has 0 bridgehead atoms. The van der Waals surface area contributed by atoms with Gasteiger partial charge in [0.2, 0.25) is 0 Å². The minimum Gasteiger partial charge on any atom is -0.425 e. The highest BCUT2D eigenvalue weighted by atomic mass is 19.1. The lowest BCUT2D eigenvalue weighted by molar-refractivity contribution is -0.133. The zero-order chi connectivity index (χ0) is 15.2. The minimum atomic E-state index is -0.476. The van der Waals surface area contributed by atoms with Crippen LogP contribution in [0.2, 0.25) is 0 Å². The Morgan fingerprint density at radius 2 is 1.71 bits per heavy atom. The maximum Gasteiger partial charge on any atom is 0.323 e. The predicted molar refractivity (Wildman–Crippen MR) is 79.0 cm³/mol. The third-order valence-corrected chi connectivity index (χ3v) is 3.81. The standard InChI is InChI=1S/C18H17FO2/c1-18(2,3)13-5-4-6-14-16(13)15(17(20)21-14)11-7-9-12(19)10-8-11/h4-10,15H,1-3H3. The van der Waals surface area contributed by atoms with Gasteiger partial charge in [-0.15, -0.1) is 0 Å². The summed E-state index contributed by atoms with van der Waals surface area (Å²) in [7, 11) is 0. The molecule has 2 aromatic carbocycles. The average molecular weight is 284 g/mol. The molecule has 1 atom stereocenters. The van der Waals surface area contributed by atoms with Crippen LogP contribution in [-0.4, -0.2) is 5.97 Å². The Labute approximate surface area is 123 Å². The molecule has 0 amide bonds. The lowest BCUT2D eigenvalue weighted by Gasteiger charge is -2.23. The molecule has 0 spiro atoms. The molecule has 108 valence electrons. The molecule has 0 fully saturated rings. The van der Waals surface area contributed by atoms with Gasteiger partial charge in [-0.05, 0) is 34.7 Å². The first-order valence-electron chi connectivity index (χ1n) is 6.98. The van der Waals surface area contributed by atoms with Crippen molar-refractivity contribution in [2.75, 3.05) is 0 Å². The molecule has 1 aliphatic rings. The van der Waals surface area contributed by atoms with Crippen molar-refractivity contribution in [3.63, 3.8) is 0 Å². The number of halogens is 1. The molecule has 0 saturated heterocycles. The van der Waals surface area contributed by atoms with Crippen LogP contribution in [0.5, 0.6) is 5.75 Å². The molecule has 3 heteroatoms. The van der Waals surface area contributed by atoms with Crippen LogP contribution in [0.1, 0.15) is 43.4 Å². The molecule has 0 saturated carbocycles. The van der Waals surface area contributed by atoms with Crippen LogP contribution in [-0.2, 0) is 10.2 Å². The summed E-state index contributed by atoms with van der Waals surface area (Å²) in [5.74, 6) is -0.472. The van der Waals surface area contributed by atoms with Crippen LogP contribution in [0.15, 0.2) is 42.5 Å². The van der Waals surface area contributed by atoms with E-state index < -0.39 is 5.92 Å². The van der Waals surface area contributed by atoms with E-state index in [9.17, 15) is 9.18 Å². The monoisotopic (exact) mass is 284 g/mol. The van der Waals surface area contributed by atoms with Gasteiger partial charge >= 0.3 is 5.97 Å². The fourth-order valence-corrected chi connectivity index (χ4v) is 2.83. The topological polar surface area (TPSA) is 26.3 Å². The Morgan fingerprint density at radius 1 is 1.05 bits per heavy atom. The summed E-state index contributed by atoms with van der Waals surface area (Å²) >= 11 is 0. The van der Waals surface area contributed by atoms with Crippen molar-refractivity contribution in [3.8, 4) is 5.75 Å². The smallest absolute Gasteiger partial charge is 0.323 e. The zero-order valence-electron chi connectivity index (χ0n) is 12.3. The first kappa shape index (κ1) is 13.8. The van der Waals surface area contributed by atoms with Crippen LogP contribution in [0, 0.1) is 5.82 Å². The van der Waals surface area contributed by atoms with E-state index >= 15 is 0 Å². The molecule has 3 rings (SSSR count). The highest BCUT2D eigenvalue weighted by Crippen LogP contribution is 2.44. The second-order valence-electron chi connectivity index (χ2n) is 6.37. The number of ether oxygens (including phenoxy) is 1. The van der Waals surface area contributed by atoms with Gasteiger partial charge in [-0.1, -0.05) is 45.0 Å². The highest BCUT2D eigenvalue weighted by Gasteiger charge is 2.38. The molecule has 0 aliphatic carbocycles. The van der Waals surface area contributed by atoms with Gasteiger partial charge in [0.25, 0.3) is 0 Å². The number of fused-ring (bicyclic) bond motifs is 1. The third kappa shape index (κ3) is 2.33. The van der Waals surface area contributed by atoms with E-state index in [1.165, 1.54) is 12.1 Å². The van der Waals surface area contributed by atoms with Gasteiger partial charge in [0, 0.05) is 5.56 Å². The number of carbonyl (C=O) groups excluding carboxylic acids is 1. The zero-order valence-corrected chi connectivity index (χ0v) is 12.3. The van der Waals surface area contributed by atoms with Crippen molar-refractivity contribution in [3.05, 3.63) is 65.0 Å². The third-order valence-electron chi connectivity index (χ3n) is 3.81. The first-order chi connectivity index (χ1) is 9.88. The Morgan fingerprint density at radius 3 is 2.33 bits per heavy atom. The van der Waals surface area contributed by atoms with Gasteiger partial charge in [-0.25, -0.2) is 4.39 Å². The van der Waals surface area contributed by atoms with Gasteiger partial charge in [0.1, 0.15) is 17.5 Å². The predicted octanol–water partition coefficient (Wildman–Crippen LogP) is 4.17. The molecular formula is C18H17FO2. The van der Waals surface area contributed by atoms with E-state index in [-0.39, 0.29) is 17.2 Å². The van der Waals surface area contributed by atoms with E-state index in [0.717, 1.165) is 16.7 Å². The fourth-order valence-electron chi connectivity index (χ4n) is 2.83. The quantitative estimate of drug-likeness (QED) is 0.580. The maximum atomic E-state index is 13.1. The Hall–Kier alpha value is -2.16. The first-order valence-corrected chi connectivity index (χ1v) is 6.98. The summed E-state index contributed by atoms with van der Waals surface area (Å²) in [5.41, 5.74) is 2.65. The fraction of sp³-hybridized carbons (Fsp3) is 0.278. The molecule has 0 N–H and O–H groups in total. The molecule has 1 aliphatic heterocycles. The molecule has 2 nitrogen and oxygen atoms in total. The van der Waals surface area contributed by atoms with Gasteiger partial charge in [-0.2, -0.15) is 0 Å². The van der Waals surface area contributed by atoms with Gasteiger partial charge in [-0.3, -0.25) is 4.79 Å². The number of esters is 1. The normalized spacial score (nSPS) is 17.5. The number of hydrogen-bond donors (Lipinski definition) is 0. The molecule has 2 aromatic rings. The second kappa shape index (κ2) is 4.69. The largest absolute Gasteiger partial charge is 0.425 e. The summed E-state index contributed by atoms with van der Waals surface area (Å²) in [6, 6.07) is 11.8. The Bertz CT molecular complexity index is 696. The molecule has 1 heterocycles. The van der Waals surface area contributed by atoms with Crippen LogP contribution < -0.4 is 4.74 Å². The van der Waals surface area contributed by atoms with E-state index in [0.29, 0.717) is 5.75 Å². The molecular weight excluding hydrogens is 267 g/mol. The van der Waals surface area contributed by atoms with Crippen LogP contribution in [0.25, 0.3) is 0 Å². The van der Waals surface area contributed by atoms with Crippen molar-refractivity contribution in [2.45, 2.75) is 32.1 Å². The summed E-state index contributed by atoms with van der Waals surface area (Å²) in [4.78, 5) is 12.3. The molecule has 0 aromatic heterocycles. The molecule has 1 unspecified atom stereocenters. The highest BCUT2D eigenvalue weighted by molar-refractivity contribution is 5.90. The number of carbonyl (C=O) groups is 1. The molecule has 21 heavy (non-hydrogen) atoms. The summed E-state index contributed by atoms with van der Waals surface area (Å²) in [6.45, 7) is 6.31. The summed E-state index contributed by atoms with van der Waals surface area (Å²) < 4.78 is 18.5. The number of hydrogen-bond acceptors (Lipinski definition) is 2. The lowest BCUT2D eigenvalue weighted by atomic mass is 9.78. The average Bonchev–Trinajstić information content (AvgIpc) is 2.74. The number of rotatable bonds is 1. The van der Waals surface area contributed by atoms with Gasteiger partial charge < -0.3 is 4.74 Å². The van der Waals surface area contributed by atoms with Gasteiger partial charge in [0.15, 0.2) is 0 Å². The maximum absolute atomic E-state index is 13.1. The van der Waals surface area contributed by atoms with Crippen molar-refractivity contribution in [1.82, 2.24) is 0 Å². The minimum absolute atomic E-state index is 0.0996. The molecule has 0 radical (unpaired) electrons.